The van der Waals surface area contributed by atoms with Crippen LogP contribution in [0.15, 0.2) is 12.7 Å². The second-order valence-corrected chi connectivity index (χ2v) is 2.11. The van der Waals surface area contributed by atoms with Crippen LogP contribution in [0.5, 0.6) is 0 Å². The zero-order valence-electron chi connectivity index (χ0n) is 5.88. The Morgan fingerprint density at radius 3 is 2.20 bits per heavy atom. The van der Waals surface area contributed by atoms with E-state index in [1.165, 1.54) is 38.6 Å². The molecule has 4 heteroatoms. The molecule has 0 atom stereocenters. The van der Waals surface area contributed by atoms with Crippen LogP contribution < -0.4 is 5.32 Å². The van der Waals surface area contributed by atoms with Crippen LogP contribution in [0.1, 0.15) is 12.8 Å². The minimum absolute atomic E-state index is 1.25. The van der Waals surface area contributed by atoms with E-state index in [1.54, 1.807) is 0 Å². The van der Waals surface area contributed by atoms with Gasteiger partial charge in [-0.3, -0.25) is 5.10 Å². The van der Waals surface area contributed by atoms with Gasteiger partial charge in [0.25, 0.3) is 0 Å². The Morgan fingerprint density at radius 2 is 2.00 bits per heavy atom. The molecule has 1 aliphatic rings. The van der Waals surface area contributed by atoms with Crippen LogP contribution in [0.3, 0.4) is 0 Å². The first-order valence-electron chi connectivity index (χ1n) is 3.49. The summed E-state index contributed by atoms with van der Waals surface area (Å²) in [7, 11) is 0. The number of aromatic amines is 1. The highest BCUT2D eigenvalue weighted by Gasteiger charge is 1.93. The SMILES string of the molecule is C1CCNC1.c1nc[nH]n1. The van der Waals surface area contributed by atoms with Crippen LogP contribution in [0.2, 0.25) is 0 Å². The maximum absolute atomic E-state index is 3.56. The molecule has 0 unspecified atom stereocenters. The number of rotatable bonds is 0. The zero-order valence-corrected chi connectivity index (χ0v) is 5.88. The quantitative estimate of drug-likeness (QED) is 0.540. The fraction of sp³-hybridized carbons (Fsp3) is 0.667. The molecule has 2 N–H and O–H groups in total. The molecular weight excluding hydrogens is 128 g/mol. The minimum Gasteiger partial charge on any atom is -0.317 e. The molecule has 4 nitrogen and oxygen atoms in total. The van der Waals surface area contributed by atoms with Gasteiger partial charge in [0.1, 0.15) is 12.7 Å². The van der Waals surface area contributed by atoms with Crippen LogP contribution in [-0.2, 0) is 0 Å². The largest absolute Gasteiger partial charge is 0.317 e. The van der Waals surface area contributed by atoms with Crippen LogP contribution >= 0.6 is 0 Å². The van der Waals surface area contributed by atoms with E-state index in [1.807, 2.05) is 0 Å². The van der Waals surface area contributed by atoms with E-state index >= 15 is 0 Å². The van der Waals surface area contributed by atoms with E-state index in [2.05, 4.69) is 20.5 Å². The summed E-state index contributed by atoms with van der Waals surface area (Å²) in [5, 5.41) is 9.21. The number of hydrogen-bond donors (Lipinski definition) is 2. The van der Waals surface area contributed by atoms with E-state index in [-0.39, 0.29) is 0 Å². The molecule has 2 heterocycles. The van der Waals surface area contributed by atoms with E-state index in [9.17, 15) is 0 Å². The van der Waals surface area contributed by atoms with Crippen molar-refractivity contribution in [3.05, 3.63) is 12.7 Å². The van der Waals surface area contributed by atoms with Gasteiger partial charge in [-0.25, -0.2) is 4.98 Å². The minimum atomic E-state index is 1.25. The van der Waals surface area contributed by atoms with Gasteiger partial charge < -0.3 is 5.32 Å². The molecular formula is C6H12N4. The van der Waals surface area contributed by atoms with Crippen molar-refractivity contribution >= 4 is 0 Å². The molecule has 10 heavy (non-hydrogen) atoms. The molecule has 0 saturated carbocycles. The fourth-order valence-corrected chi connectivity index (χ4v) is 0.792. The summed E-state index contributed by atoms with van der Waals surface area (Å²) < 4.78 is 0. The van der Waals surface area contributed by atoms with Gasteiger partial charge in [-0.1, -0.05) is 0 Å². The third-order valence-electron chi connectivity index (χ3n) is 1.29. The Labute approximate surface area is 60.1 Å². The van der Waals surface area contributed by atoms with Crippen molar-refractivity contribution in [3.8, 4) is 0 Å². The van der Waals surface area contributed by atoms with Crippen molar-refractivity contribution in [2.75, 3.05) is 13.1 Å². The lowest BCUT2D eigenvalue weighted by Gasteiger charge is -1.76. The van der Waals surface area contributed by atoms with Crippen molar-refractivity contribution in [2.24, 2.45) is 0 Å². The molecule has 0 spiro atoms. The zero-order chi connectivity index (χ0) is 7.07. The topological polar surface area (TPSA) is 53.6 Å². The second kappa shape index (κ2) is 4.93. The normalized spacial score (nSPS) is 16.0. The third kappa shape index (κ3) is 3.19. The van der Waals surface area contributed by atoms with Crippen molar-refractivity contribution < 1.29 is 0 Å². The summed E-state index contributed by atoms with van der Waals surface area (Å²) in [5.41, 5.74) is 0. The Balaban J connectivity index is 0.0000001000. The molecule has 0 amide bonds. The molecule has 1 fully saturated rings. The average Bonchev–Trinajstić information content (AvgIpc) is 2.67. The highest BCUT2D eigenvalue weighted by Crippen LogP contribution is 1.90. The van der Waals surface area contributed by atoms with Gasteiger partial charge >= 0.3 is 0 Å². The van der Waals surface area contributed by atoms with E-state index in [4.69, 9.17) is 0 Å². The van der Waals surface area contributed by atoms with Crippen LogP contribution in [0.4, 0.5) is 0 Å². The average molecular weight is 140 g/mol. The van der Waals surface area contributed by atoms with Gasteiger partial charge in [0, 0.05) is 0 Å². The summed E-state index contributed by atoms with van der Waals surface area (Å²) in [6.45, 7) is 2.50. The molecule has 0 radical (unpaired) electrons. The van der Waals surface area contributed by atoms with Gasteiger partial charge in [-0.15, -0.1) is 0 Å². The highest BCUT2D eigenvalue weighted by molar-refractivity contribution is 4.55. The van der Waals surface area contributed by atoms with Gasteiger partial charge in [0.15, 0.2) is 0 Å². The molecule has 2 rings (SSSR count). The summed E-state index contributed by atoms with van der Waals surface area (Å²) in [5.74, 6) is 0. The van der Waals surface area contributed by atoms with Crippen molar-refractivity contribution in [1.82, 2.24) is 20.5 Å². The summed E-state index contributed by atoms with van der Waals surface area (Å²) in [6.07, 6.45) is 5.74. The van der Waals surface area contributed by atoms with Crippen molar-refractivity contribution in [3.63, 3.8) is 0 Å². The molecule has 0 bridgehead atoms. The van der Waals surface area contributed by atoms with Crippen LogP contribution in [0, 0.1) is 0 Å². The lowest BCUT2D eigenvalue weighted by atomic mass is 10.4. The predicted octanol–water partition coefficient (Wildman–Crippen LogP) is 0.174. The Kier molecular flexibility index (Phi) is 3.56. The Bertz CT molecular complexity index is 109. The van der Waals surface area contributed by atoms with Crippen LogP contribution in [0.25, 0.3) is 0 Å². The van der Waals surface area contributed by atoms with E-state index < -0.39 is 0 Å². The lowest BCUT2D eigenvalue weighted by molar-refractivity contribution is 0.857. The first-order chi connectivity index (χ1) is 5.00. The molecule has 1 saturated heterocycles. The van der Waals surface area contributed by atoms with Crippen LogP contribution in [-0.4, -0.2) is 28.3 Å². The Hall–Kier alpha value is -0.900. The monoisotopic (exact) mass is 140 g/mol. The van der Waals surface area contributed by atoms with E-state index in [0.717, 1.165) is 0 Å². The van der Waals surface area contributed by atoms with Crippen molar-refractivity contribution in [1.29, 1.82) is 0 Å². The van der Waals surface area contributed by atoms with Gasteiger partial charge in [-0.2, -0.15) is 5.10 Å². The maximum Gasteiger partial charge on any atom is 0.137 e. The first-order valence-corrected chi connectivity index (χ1v) is 3.49. The number of nitrogens with zero attached hydrogens (tertiary/aromatic N) is 2. The van der Waals surface area contributed by atoms with E-state index in [0.29, 0.717) is 0 Å². The number of H-pyrrole nitrogens is 1. The summed E-state index contributed by atoms with van der Waals surface area (Å²) in [6, 6.07) is 0. The standard InChI is InChI=1S/C4H9N.C2H3N3/c1-2-4-5-3-1;1-3-2-5-4-1/h5H,1-4H2;1-2H,(H,3,4,5). The smallest absolute Gasteiger partial charge is 0.137 e. The molecule has 1 aromatic heterocycles. The molecule has 0 aliphatic carbocycles. The Morgan fingerprint density at radius 1 is 1.20 bits per heavy atom. The molecule has 0 aromatic carbocycles. The number of hydrogen-bond acceptors (Lipinski definition) is 3. The first kappa shape index (κ1) is 7.21. The number of nitrogens with one attached hydrogen (secondary N) is 2. The van der Waals surface area contributed by atoms with Crippen molar-refractivity contribution in [2.45, 2.75) is 12.8 Å². The van der Waals surface area contributed by atoms with Gasteiger partial charge in [-0.05, 0) is 25.9 Å². The maximum atomic E-state index is 3.56. The van der Waals surface area contributed by atoms with Gasteiger partial charge in [0.2, 0.25) is 0 Å². The molecule has 1 aliphatic heterocycles. The predicted molar refractivity (Wildman–Crippen MR) is 38.5 cm³/mol. The highest BCUT2D eigenvalue weighted by atomic mass is 15.2. The summed E-state index contributed by atoms with van der Waals surface area (Å²) in [4.78, 5) is 3.56. The third-order valence-corrected chi connectivity index (χ3v) is 1.29. The lowest BCUT2D eigenvalue weighted by Crippen LogP contribution is -2.03. The molecule has 1 aromatic rings. The number of aromatic nitrogens is 3. The molecule has 56 valence electrons. The second-order valence-electron chi connectivity index (χ2n) is 2.11. The van der Waals surface area contributed by atoms with Gasteiger partial charge in [0.05, 0.1) is 0 Å². The fourth-order valence-electron chi connectivity index (χ4n) is 0.792. The summed E-state index contributed by atoms with van der Waals surface area (Å²) >= 11 is 0.